The molecule has 0 saturated heterocycles. The molecule has 0 heterocycles. The number of ketones is 1. The number of carbonyl (C=O) groups excluding carboxylic acids is 1. The van der Waals surface area contributed by atoms with Crippen LogP contribution in [0.3, 0.4) is 0 Å². The Morgan fingerprint density at radius 1 is 0.875 bits per heavy atom. The first-order valence-electron chi connectivity index (χ1n) is 6.97. The minimum absolute atomic E-state index is 0.217. The van der Waals surface area contributed by atoms with Crippen molar-refractivity contribution in [2.75, 3.05) is 21.3 Å². The molecule has 0 unspecified atom stereocenters. The van der Waals surface area contributed by atoms with Gasteiger partial charge in [-0.2, -0.15) is 0 Å². The second kappa shape index (κ2) is 8.08. The minimum Gasteiger partial charge on any atom is -0.493 e. The summed E-state index contributed by atoms with van der Waals surface area (Å²) in [6, 6.07) is 8.25. The van der Waals surface area contributed by atoms with Crippen LogP contribution in [0.1, 0.15) is 15.9 Å². The summed E-state index contributed by atoms with van der Waals surface area (Å²) >= 11 is 11.9. The van der Waals surface area contributed by atoms with Gasteiger partial charge in [-0.05, 0) is 42.0 Å². The number of benzene rings is 2. The average molecular weight is 367 g/mol. The van der Waals surface area contributed by atoms with Crippen LogP contribution in [0.15, 0.2) is 36.4 Å². The summed E-state index contributed by atoms with van der Waals surface area (Å²) in [6.07, 6.45) is 3.08. The molecular weight excluding hydrogens is 351 g/mol. The van der Waals surface area contributed by atoms with Crippen molar-refractivity contribution in [3.63, 3.8) is 0 Å². The predicted molar refractivity (Wildman–Crippen MR) is 95.9 cm³/mol. The molecule has 0 aromatic heterocycles. The van der Waals surface area contributed by atoms with Gasteiger partial charge in [-0.3, -0.25) is 4.79 Å². The quantitative estimate of drug-likeness (QED) is 0.537. The standard InChI is InChI=1S/C18H16Cl2O4/c1-22-16-8-12(9-17(23-2)18(16)24-3)15(21)5-4-11-6-13(19)10-14(20)7-11/h4-10H,1-3H3/b5-4+. The van der Waals surface area contributed by atoms with Gasteiger partial charge in [0.2, 0.25) is 5.75 Å². The summed E-state index contributed by atoms with van der Waals surface area (Å²) in [5.74, 6) is 1.05. The fourth-order valence-electron chi connectivity index (χ4n) is 2.16. The van der Waals surface area contributed by atoms with Gasteiger partial charge < -0.3 is 14.2 Å². The van der Waals surface area contributed by atoms with E-state index in [1.807, 2.05) is 0 Å². The molecule has 0 aliphatic rings. The van der Waals surface area contributed by atoms with Crippen LogP contribution in [0.5, 0.6) is 17.2 Å². The van der Waals surface area contributed by atoms with Crippen LogP contribution >= 0.6 is 23.2 Å². The van der Waals surface area contributed by atoms with Crippen molar-refractivity contribution >= 4 is 35.1 Å². The van der Waals surface area contributed by atoms with Crippen LogP contribution in [0.2, 0.25) is 10.0 Å². The average Bonchev–Trinajstić information content (AvgIpc) is 2.57. The van der Waals surface area contributed by atoms with Gasteiger partial charge in [0.05, 0.1) is 21.3 Å². The van der Waals surface area contributed by atoms with Crippen molar-refractivity contribution in [2.45, 2.75) is 0 Å². The zero-order valence-electron chi connectivity index (χ0n) is 13.4. The molecular formula is C18H16Cl2O4. The van der Waals surface area contributed by atoms with Crippen molar-refractivity contribution < 1.29 is 19.0 Å². The van der Waals surface area contributed by atoms with Crippen LogP contribution in [0.4, 0.5) is 0 Å². The Bertz CT molecular complexity index is 739. The SMILES string of the molecule is COc1cc(C(=O)/C=C/c2cc(Cl)cc(Cl)c2)cc(OC)c1OC. The zero-order chi connectivity index (χ0) is 17.7. The van der Waals surface area contributed by atoms with Gasteiger partial charge in [0.25, 0.3) is 0 Å². The third-order valence-electron chi connectivity index (χ3n) is 3.26. The number of hydrogen-bond acceptors (Lipinski definition) is 4. The highest BCUT2D eigenvalue weighted by Gasteiger charge is 2.15. The summed E-state index contributed by atoms with van der Waals surface area (Å²) in [7, 11) is 4.50. The van der Waals surface area contributed by atoms with Gasteiger partial charge in [0.1, 0.15) is 0 Å². The summed E-state index contributed by atoms with van der Waals surface area (Å²) < 4.78 is 15.7. The third kappa shape index (κ3) is 4.22. The smallest absolute Gasteiger partial charge is 0.203 e. The molecule has 0 fully saturated rings. The first-order valence-corrected chi connectivity index (χ1v) is 7.72. The van der Waals surface area contributed by atoms with Gasteiger partial charge in [-0.25, -0.2) is 0 Å². The highest BCUT2D eigenvalue weighted by atomic mass is 35.5. The summed E-state index contributed by atoms with van der Waals surface area (Å²) in [5, 5.41) is 1.00. The monoisotopic (exact) mass is 366 g/mol. The van der Waals surface area contributed by atoms with E-state index < -0.39 is 0 Å². The molecule has 2 aromatic carbocycles. The van der Waals surface area contributed by atoms with Crippen molar-refractivity contribution in [1.29, 1.82) is 0 Å². The lowest BCUT2D eigenvalue weighted by Crippen LogP contribution is -2.00. The maximum atomic E-state index is 12.4. The molecule has 0 amide bonds. The molecule has 6 heteroatoms. The molecule has 0 N–H and O–H groups in total. The summed E-state index contributed by atoms with van der Waals surface area (Å²) in [6.45, 7) is 0. The highest BCUT2D eigenvalue weighted by Crippen LogP contribution is 2.38. The van der Waals surface area contributed by atoms with Gasteiger partial charge >= 0.3 is 0 Å². The van der Waals surface area contributed by atoms with E-state index in [-0.39, 0.29) is 5.78 Å². The topological polar surface area (TPSA) is 44.8 Å². The summed E-state index contributed by atoms with van der Waals surface area (Å²) in [4.78, 5) is 12.4. The molecule has 0 saturated carbocycles. The van der Waals surface area contributed by atoms with Gasteiger partial charge in [-0.1, -0.05) is 29.3 Å². The number of hydrogen-bond donors (Lipinski definition) is 0. The molecule has 2 aromatic rings. The molecule has 0 radical (unpaired) electrons. The maximum absolute atomic E-state index is 12.4. The number of allylic oxidation sites excluding steroid dienone is 1. The van der Waals surface area contributed by atoms with Crippen molar-refractivity contribution in [3.8, 4) is 17.2 Å². The Labute approximate surface area is 150 Å². The van der Waals surface area contributed by atoms with Crippen LogP contribution in [0.25, 0.3) is 6.08 Å². The predicted octanol–water partition coefficient (Wildman–Crippen LogP) is 4.92. The molecule has 0 aliphatic heterocycles. The Hall–Kier alpha value is -2.17. The molecule has 0 atom stereocenters. The molecule has 0 aliphatic carbocycles. The van der Waals surface area contributed by atoms with Crippen LogP contribution in [-0.4, -0.2) is 27.1 Å². The van der Waals surface area contributed by atoms with Crippen molar-refractivity contribution in [2.24, 2.45) is 0 Å². The Morgan fingerprint density at radius 2 is 1.42 bits per heavy atom. The molecule has 4 nitrogen and oxygen atoms in total. The Kier molecular flexibility index (Phi) is 6.12. The van der Waals surface area contributed by atoms with E-state index in [2.05, 4.69) is 0 Å². The number of halogens is 2. The number of ether oxygens (including phenoxy) is 3. The third-order valence-corrected chi connectivity index (χ3v) is 3.70. The van der Waals surface area contributed by atoms with E-state index in [4.69, 9.17) is 37.4 Å². The van der Waals surface area contributed by atoms with E-state index >= 15 is 0 Å². The van der Waals surface area contributed by atoms with Gasteiger partial charge in [0, 0.05) is 15.6 Å². The first-order chi connectivity index (χ1) is 11.5. The van der Waals surface area contributed by atoms with E-state index in [0.29, 0.717) is 32.9 Å². The van der Waals surface area contributed by atoms with E-state index in [1.54, 1.807) is 36.4 Å². The van der Waals surface area contributed by atoms with Crippen molar-refractivity contribution in [3.05, 3.63) is 57.6 Å². The lowest BCUT2D eigenvalue weighted by molar-refractivity contribution is 0.104. The van der Waals surface area contributed by atoms with Gasteiger partial charge in [-0.15, -0.1) is 0 Å². The lowest BCUT2D eigenvalue weighted by atomic mass is 10.1. The Morgan fingerprint density at radius 3 is 1.88 bits per heavy atom. The maximum Gasteiger partial charge on any atom is 0.203 e. The summed E-state index contributed by atoms with van der Waals surface area (Å²) in [5.41, 5.74) is 1.14. The van der Waals surface area contributed by atoms with Crippen LogP contribution in [0, 0.1) is 0 Å². The number of rotatable bonds is 6. The van der Waals surface area contributed by atoms with Crippen LogP contribution in [-0.2, 0) is 0 Å². The zero-order valence-corrected chi connectivity index (χ0v) is 14.9. The first kappa shape index (κ1) is 18.2. The molecule has 126 valence electrons. The number of methoxy groups -OCH3 is 3. The van der Waals surface area contributed by atoms with Crippen LogP contribution < -0.4 is 14.2 Å². The largest absolute Gasteiger partial charge is 0.493 e. The minimum atomic E-state index is -0.217. The fourth-order valence-corrected chi connectivity index (χ4v) is 2.71. The fraction of sp³-hybridized carbons (Fsp3) is 0.167. The van der Waals surface area contributed by atoms with E-state index in [0.717, 1.165) is 5.56 Å². The normalized spacial score (nSPS) is 10.7. The Balaban J connectivity index is 2.34. The van der Waals surface area contributed by atoms with E-state index in [9.17, 15) is 4.79 Å². The lowest BCUT2D eigenvalue weighted by Gasteiger charge is -2.13. The number of carbonyl (C=O) groups is 1. The molecule has 2 rings (SSSR count). The second-order valence-electron chi connectivity index (χ2n) is 4.81. The van der Waals surface area contributed by atoms with E-state index in [1.165, 1.54) is 27.4 Å². The molecule has 0 bridgehead atoms. The molecule has 0 spiro atoms. The van der Waals surface area contributed by atoms with Gasteiger partial charge in [0.15, 0.2) is 17.3 Å². The molecule has 24 heavy (non-hydrogen) atoms. The highest BCUT2D eigenvalue weighted by molar-refractivity contribution is 6.34. The van der Waals surface area contributed by atoms with Crippen molar-refractivity contribution in [1.82, 2.24) is 0 Å². The second-order valence-corrected chi connectivity index (χ2v) is 5.69.